The molecule has 1 unspecified atom stereocenters. The van der Waals surface area contributed by atoms with Gasteiger partial charge in [0.05, 0.1) is 22.2 Å². The molecule has 16 aromatic carbocycles. The number of hydrogen-bond acceptors (Lipinski definition) is 4. The van der Waals surface area contributed by atoms with Crippen molar-refractivity contribution in [3.63, 3.8) is 0 Å². The molecule has 2 aliphatic carbocycles. The van der Waals surface area contributed by atoms with Crippen molar-refractivity contribution in [1.29, 1.82) is 0 Å². The maximum atomic E-state index is 6.76. The van der Waals surface area contributed by atoms with Crippen LogP contribution in [0, 0.1) is 0 Å². The molecule has 3 nitrogen and oxygen atoms in total. The molecule has 20 rings (SSSR count). The highest BCUT2D eigenvalue weighted by Gasteiger charge is 2.48. The van der Waals surface area contributed by atoms with Crippen LogP contribution < -0.4 is 9.80 Å². The third-order valence-corrected chi connectivity index (χ3v) is 22.8. The van der Waals surface area contributed by atoms with E-state index in [9.17, 15) is 0 Å². The van der Waals surface area contributed by atoms with E-state index >= 15 is 0 Å². The van der Waals surface area contributed by atoms with Gasteiger partial charge in [-0.3, -0.25) is 0 Å². The van der Waals surface area contributed by atoms with Crippen LogP contribution >= 0.6 is 11.3 Å². The third-order valence-electron chi connectivity index (χ3n) is 21.6. The van der Waals surface area contributed by atoms with E-state index in [0.29, 0.717) is 0 Å². The predicted molar refractivity (Wildman–Crippen MR) is 427 cm³/mol. The molecule has 4 heteroatoms. The number of hydrogen-bond donors (Lipinski definition) is 0. The summed E-state index contributed by atoms with van der Waals surface area (Å²) in [6, 6.07) is 144. The summed E-state index contributed by atoms with van der Waals surface area (Å²) < 4.78 is 9.28. The number of furan rings is 1. The number of benzene rings is 16. The molecular weight excluding hydrogens is 1250 g/mol. The molecule has 0 aliphatic heterocycles. The highest BCUT2D eigenvalue weighted by atomic mass is 32.1. The molecule has 478 valence electrons. The maximum absolute atomic E-state index is 6.76. The topological polar surface area (TPSA) is 19.6 Å². The van der Waals surface area contributed by atoms with Crippen LogP contribution in [-0.2, 0) is 10.8 Å². The molecule has 18 aromatic rings. The van der Waals surface area contributed by atoms with Crippen LogP contribution in [-0.4, -0.2) is 0 Å². The van der Waals surface area contributed by atoms with Crippen LogP contribution in [0.1, 0.15) is 44.5 Å². The van der Waals surface area contributed by atoms with Crippen LogP contribution in [0.15, 0.2) is 393 Å². The summed E-state index contributed by atoms with van der Waals surface area (Å²) in [5.41, 5.74) is 28.7. The summed E-state index contributed by atoms with van der Waals surface area (Å²) in [4.78, 5) is 4.90. The van der Waals surface area contributed by atoms with Crippen LogP contribution in [0.4, 0.5) is 34.1 Å². The van der Waals surface area contributed by atoms with Gasteiger partial charge in [-0.2, -0.15) is 0 Å². The zero-order valence-electron chi connectivity index (χ0n) is 55.7. The molecule has 2 aliphatic rings. The van der Waals surface area contributed by atoms with E-state index < -0.39 is 10.8 Å². The van der Waals surface area contributed by atoms with Crippen LogP contribution in [0.2, 0.25) is 0 Å². The van der Waals surface area contributed by atoms with Crippen LogP contribution in [0.25, 0.3) is 97.7 Å². The fourth-order valence-electron chi connectivity index (χ4n) is 17.3. The highest BCUT2D eigenvalue weighted by molar-refractivity contribution is 7.26. The monoisotopic (exact) mass is 1320 g/mol. The third kappa shape index (κ3) is 9.06. The Morgan fingerprint density at radius 1 is 0.235 bits per heavy atom. The van der Waals surface area contributed by atoms with Crippen LogP contribution in [0.5, 0.6) is 0 Å². The molecule has 0 spiro atoms. The molecule has 102 heavy (non-hydrogen) atoms. The Morgan fingerprint density at radius 2 is 0.657 bits per heavy atom. The molecule has 0 saturated carbocycles. The first-order valence-electron chi connectivity index (χ1n) is 35.1. The van der Waals surface area contributed by atoms with Gasteiger partial charge in [0.1, 0.15) is 11.2 Å². The lowest BCUT2D eigenvalue weighted by Gasteiger charge is -2.35. The normalized spacial score (nSPS) is 14.0. The van der Waals surface area contributed by atoms with E-state index in [1.54, 1.807) is 0 Å². The van der Waals surface area contributed by atoms with E-state index in [-0.39, 0.29) is 0 Å². The minimum absolute atomic E-state index is 0.548. The second-order valence-corrected chi connectivity index (χ2v) is 27.9. The van der Waals surface area contributed by atoms with Gasteiger partial charge >= 0.3 is 0 Å². The molecule has 0 saturated heterocycles. The van der Waals surface area contributed by atoms with Gasteiger partial charge in [0.2, 0.25) is 0 Å². The molecule has 2 heterocycles. The zero-order chi connectivity index (χ0) is 67.3. The van der Waals surface area contributed by atoms with E-state index in [1.165, 1.54) is 98.1 Å². The molecule has 1 atom stereocenters. The van der Waals surface area contributed by atoms with Crippen molar-refractivity contribution in [3.05, 3.63) is 433 Å². The Morgan fingerprint density at radius 3 is 1.25 bits per heavy atom. The van der Waals surface area contributed by atoms with Crippen LogP contribution in [0.3, 0.4) is 0 Å². The number of rotatable bonds is 13. The van der Waals surface area contributed by atoms with Gasteiger partial charge in [-0.25, -0.2) is 0 Å². The van der Waals surface area contributed by atoms with Crippen molar-refractivity contribution in [1.82, 2.24) is 0 Å². The summed E-state index contributed by atoms with van der Waals surface area (Å²) in [7, 11) is 0. The Balaban J connectivity index is 0.721. The van der Waals surface area contributed by atoms with E-state index in [2.05, 4.69) is 392 Å². The smallest absolute Gasteiger partial charge is 0.143 e. The molecule has 0 amide bonds. The second-order valence-electron chi connectivity index (χ2n) is 26.9. The second kappa shape index (κ2) is 24.0. The standard InChI is InChI=1S/C98H64N2OS/c1-6-30-67(31-7-1)97(68-32-8-2-9-33-68)87-50-21-16-42-77(87)79-58-56-73(63-89(79)97)99(71-37-12-4-13-38-71)91-52-23-18-41-75(91)66-55-60-94-86(62-66)85-49-27-46-76(96(85)102-94)65-29-26-36-70(61-65)98(69-34-10-3-11-35-69)88-51-22-17-43-78(88)80-59-57-74(64-90(80)98)100(72-39-14-5-15-40-72)92-53-24-19-44-81(92)83-47-28-48-84-82-45-20-25-54-93(82)101-95(83)84/h1-64H. The van der Waals surface area contributed by atoms with Gasteiger partial charge in [-0.05, 0) is 168 Å². The van der Waals surface area contributed by atoms with Gasteiger partial charge in [-0.1, -0.05) is 303 Å². The lowest BCUT2D eigenvalue weighted by atomic mass is 9.67. The average Bonchev–Trinajstić information content (AvgIpc) is 1.61. The first-order chi connectivity index (χ1) is 50.6. The zero-order valence-corrected chi connectivity index (χ0v) is 56.5. The highest BCUT2D eigenvalue weighted by Crippen LogP contribution is 2.60. The van der Waals surface area contributed by atoms with Crippen molar-refractivity contribution in [2.75, 3.05) is 9.80 Å². The number of thiophene rings is 1. The van der Waals surface area contributed by atoms with Gasteiger partial charge < -0.3 is 14.2 Å². The fraction of sp³-hybridized carbons (Fsp3) is 0.0204. The Hall–Kier alpha value is -12.9. The maximum Gasteiger partial charge on any atom is 0.143 e. The minimum Gasteiger partial charge on any atom is -0.455 e. The average molecular weight is 1320 g/mol. The molecule has 0 radical (unpaired) electrons. The van der Waals surface area contributed by atoms with Gasteiger partial charge in [0.25, 0.3) is 0 Å². The van der Waals surface area contributed by atoms with Crippen molar-refractivity contribution in [2.45, 2.75) is 10.8 Å². The summed E-state index contributed by atoms with van der Waals surface area (Å²) in [6.45, 7) is 0. The van der Waals surface area contributed by atoms with Crippen molar-refractivity contribution >= 4 is 87.6 Å². The summed E-state index contributed by atoms with van der Waals surface area (Å²) in [6.07, 6.45) is 0. The lowest BCUT2D eigenvalue weighted by molar-refractivity contribution is 0.670. The molecule has 2 aromatic heterocycles. The van der Waals surface area contributed by atoms with Gasteiger partial charge in [0, 0.05) is 70.4 Å². The summed E-state index contributed by atoms with van der Waals surface area (Å²) >= 11 is 1.88. The molecular formula is C98H64N2OS. The SMILES string of the molecule is c1ccc(N(c2ccc3c(c2)C(c2ccccc2)(c2ccccc2)c2ccccc2-3)c2ccccc2-c2ccc3sc4c(-c5cccc(C6(c7ccccc7)c7ccccc7-c7ccc(N(c8ccccc8)c8ccccc8-c8cccc9c8oc8ccccc89)cc76)c5)cccc4c3c2)cc1. The van der Waals surface area contributed by atoms with Crippen molar-refractivity contribution in [3.8, 4) is 55.6 Å². The number of para-hydroxylation sites is 6. The van der Waals surface area contributed by atoms with Gasteiger partial charge in [0.15, 0.2) is 0 Å². The quantitative estimate of drug-likeness (QED) is 0.115. The van der Waals surface area contributed by atoms with E-state index in [0.717, 1.165) is 78.3 Å². The number of fused-ring (bicyclic) bond motifs is 12. The van der Waals surface area contributed by atoms with Gasteiger partial charge in [-0.15, -0.1) is 11.3 Å². The number of anilines is 6. The molecule has 0 bridgehead atoms. The predicted octanol–water partition coefficient (Wildman–Crippen LogP) is 26.6. The first-order valence-corrected chi connectivity index (χ1v) is 35.9. The number of nitrogens with zero attached hydrogens (tertiary/aromatic N) is 2. The molecule has 0 N–H and O–H groups in total. The Labute approximate surface area is 597 Å². The van der Waals surface area contributed by atoms with Crippen molar-refractivity contribution in [2.24, 2.45) is 0 Å². The lowest BCUT2D eigenvalue weighted by Crippen LogP contribution is -2.29. The Bertz CT molecular complexity index is 6240. The summed E-state index contributed by atoms with van der Waals surface area (Å²) in [5.74, 6) is 0. The largest absolute Gasteiger partial charge is 0.455 e. The summed E-state index contributed by atoms with van der Waals surface area (Å²) in [5, 5.41) is 4.69. The van der Waals surface area contributed by atoms with E-state index in [1.807, 2.05) is 17.4 Å². The van der Waals surface area contributed by atoms with Crippen molar-refractivity contribution < 1.29 is 4.42 Å². The molecule has 0 fully saturated rings. The Kier molecular flexibility index (Phi) is 13.9. The fourth-order valence-corrected chi connectivity index (χ4v) is 18.6. The van der Waals surface area contributed by atoms with E-state index in [4.69, 9.17) is 4.42 Å². The minimum atomic E-state index is -0.706. The first kappa shape index (κ1) is 59.2.